The molecule has 84 valence electrons. The zero-order valence-corrected chi connectivity index (χ0v) is 9.02. The fraction of sp³-hybridized carbons (Fsp3) is 0.889. The molecule has 1 unspecified atom stereocenters. The summed E-state index contributed by atoms with van der Waals surface area (Å²) >= 11 is 0. The van der Waals surface area contributed by atoms with Gasteiger partial charge in [-0.3, -0.25) is 0 Å². The maximum atomic E-state index is 5.79. The Bertz CT molecular complexity index is 318. The maximum Gasteiger partial charge on any atom is 0.183 e. The smallest absolute Gasteiger partial charge is 0.183 e. The Morgan fingerprint density at radius 1 is 1.53 bits per heavy atom. The zero-order chi connectivity index (χ0) is 10.7. The van der Waals surface area contributed by atoms with Crippen LogP contribution in [0.1, 0.15) is 32.0 Å². The van der Waals surface area contributed by atoms with E-state index in [0.29, 0.717) is 13.1 Å². The van der Waals surface area contributed by atoms with E-state index in [1.807, 2.05) is 6.92 Å². The second-order valence-electron chi connectivity index (χ2n) is 4.05. The molecule has 1 atom stereocenters. The van der Waals surface area contributed by atoms with Gasteiger partial charge in [-0.25, -0.2) is 4.68 Å². The van der Waals surface area contributed by atoms with E-state index in [2.05, 4.69) is 15.5 Å². The summed E-state index contributed by atoms with van der Waals surface area (Å²) in [6.45, 7) is 4.01. The third-order valence-corrected chi connectivity index (χ3v) is 2.81. The van der Waals surface area contributed by atoms with Crippen LogP contribution in [0.25, 0.3) is 0 Å². The first-order valence-corrected chi connectivity index (χ1v) is 5.37. The molecule has 6 nitrogen and oxygen atoms in total. The average Bonchev–Trinajstić information content (AvgIpc) is 2.68. The first-order chi connectivity index (χ1) is 7.26. The van der Waals surface area contributed by atoms with Gasteiger partial charge < -0.3 is 10.5 Å². The van der Waals surface area contributed by atoms with Gasteiger partial charge in [-0.15, -0.1) is 5.10 Å². The first-order valence-electron chi connectivity index (χ1n) is 5.37. The minimum absolute atomic E-state index is 0.336. The van der Waals surface area contributed by atoms with Gasteiger partial charge in [0.1, 0.15) is 5.60 Å². The predicted molar refractivity (Wildman–Crippen MR) is 54.0 cm³/mol. The van der Waals surface area contributed by atoms with Crippen LogP contribution in [-0.4, -0.2) is 33.4 Å². The van der Waals surface area contributed by atoms with Gasteiger partial charge in [-0.1, -0.05) is 0 Å². The van der Waals surface area contributed by atoms with Crippen LogP contribution in [0.5, 0.6) is 0 Å². The summed E-state index contributed by atoms with van der Waals surface area (Å²) in [5.41, 5.74) is 5.17. The van der Waals surface area contributed by atoms with Crippen LogP contribution in [0, 0.1) is 0 Å². The Labute approximate surface area is 88.8 Å². The highest BCUT2D eigenvalue weighted by molar-refractivity contribution is 4.99. The summed E-state index contributed by atoms with van der Waals surface area (Å²) in [5.74, 6) is 0.799. The van der Waals surface area contributed by atoms with Crippen LogP contribution in [0.3, 0.4) is 0 Å². The third-order valence-electron chi connectivity index (χ3n) is 2.81. The van der Waals surface area contributed by atoms with Crippen molar-refractivity contribution in [3.05, 3.63) is 5.82 Å². The van der Waals surface area contributed by atoms with Crippen molar-refractivity contribution in [1.82, 2.24) is 20.2 Å². The van der Waals surface area contributed by atoms with Crippen molar-refractivity contribution in [2.75, 3.05) is 13.2 Å². The van der Waals surface area contributed by atoms with E-state index < -0.39 is 0 Å². The third kappa shape index (κ3) is 2.00. The maximum absolute atomic E-state index is 5.79. The van der Waals surface area contributed by atoms with Crippen molar-refractivity contribution in [2.24, 2.45) is 5.73 Å². The zero-order valence-electron chi connectivity index (χ0n) is 9.02. The van der Waals surface area contributed by atoms with Gasteiger partial charge in [-0.2, -0.15) is 0 Å². The number of ether oxygens (including phenoxy) is 1. The van der Waals surface area contributed by atoms with E-state index in [-0.39, 0.29) is 5.60 Å². The molecule has 0 aliphatic carbocycles. The molecule has 0 aromatic carbocycles. The number of hydrogen-bond acceptors (Lipinski definition) is 5. The summed E-state index contributed by atoms with van der Waals surface area (Å²) in [6, 6.07) is 0. The highest BCUT2D eigenvalue weighted by Crippen LogP contribution is 2.32. The molecule has 15 heavy (non-hydrogen) atoms. The number of rotatable bonds is 3. The van der Waals surface area contributed by atoms with Crippen LogP contribution in [0.15, 0.2) is 0 Å². The van der Waals surface area contributed by atoms with Crippen LogP contribution in [0.2, 0.25) is 0 Å². The van der Waals surface area contributed by atoms with Crippen LogP contribution in [-0.2, 0) is 16.9 Å². The molecule has 1 aromatic rings. The topological polar surface area (TPSA) is 78.9 Å². The van der Waals surface area contributed by atoms with Gasteiger partial charge in [0.2, 0.25) is 0 Å². The number of tetrazole rings is 1. The van der Waals surface area contributed by atoms with Crippen LogP contribution >= 0.6 is 0 Å². The molecule has 1 fully saturated rings. The van der Waals surface area contributed by atoms with Gasteiger partial charge in [-0.05, 0) is 36.6 Å². The van der Waals surface area contributed by atoms with E-state index in [1.54, 1.807) is 4.68 Å². The fourth-order valence-corrected chi connectivity index (χ4v) is 1.97. The highest BCUT2D eigenvalue weighted by Gasteiger charge is 2.35. The lowest BCUT2D eigenvalue weighted by molar-refractivity contribution is -0.0787. The molecule has 0 spiro atoms. The van der Waals surface area contributed by atoms with E-state index >= 15 is 0 Å². The molecule has 2 rings (SSSR count). The molecule has 1 saturated heterocycles. The Kier molecular flexibility index (Phi) is 2.97. The van der Waals surface area contributed by atoms with Crippen LogP contribution < -0.4 is 5.73 Å². The lowest BCUT2D eigenvalue weighted by Gasteiger charge is -2.32. The van der Waals surface area contributed by atoms with Gasteiger partial charge in [0, 0.05) is 13.2 Å². The van der Waals surface area contributed by atoms with Crippen molar-refractivity contribution >= 4 is 0 Å². The molecule has 1 aliphatic heterocycles. The summed E-state index contributed by atoms with van der Waals surface area (Å²) in [6.07, 6.45) is 3.25. The molecular formula is C9H17N5O. The molecule has 2 N–H and O–H groups in total. The molecular weight excluding hydrogens is 194 g/mol. The molecule has 6 heteroatoms. The molecule has 1 aromatic heterocycles. The van der Waals surface area contributed by atoms with E-state index in [1.165, 1.54) is 0 Å². The van der Waals surface area contributed by atoms with Gasteiger partial charge in [0.15, 0.2) is 5.82 Å². The molecule has 0 saturated carbocycles. The van der Waals surface area contributed by atoms with Gasteiger partial charge in [0.05, 0.1) is 6.54 Å². The van der Waals surface area contributed by atoms with Crippen LogP contribution in [0.4, 0.5) is 0 Å². The molecule has 2 heterocycles. The van der Waals surface area contributed by atoms with Gasteiger partial charge >= 0.3 is 0 Å². The Hall–Kier alpha value is -1.01. The van der Waals surface area contributed by atoms with Crippen molar-refractivity contribution in [3.8, 4) is 0 Å². The lowest BCUT2D eigenvalue weighted by Crippen LogP contribution is -2.34. The normalized spacial score (nSPS) is 26.8. The summed E-state index contributed by atoms with van der Waals surface area (Å²) in [4.78, 5) is 0. The second-order valence-corrected chi connectivity index (χ2v) is 4.05. The van der Waals surface area contributed by atoms with E-state index in [0.717, 1.165) is 31.7 Å². The number of hydrogen-bond donors (Lipinski definition) is 1. The van der Waals surface area contributed by atoms with E-state index in [4.69, 9.17) is 10.5 Å². The predicted octanol–water partition coefficient (Wildman–Crippen LogP) is 0.0475. The Morgan fingerprint density at radius 2 is 2.40 bits per heavy atom. The Morgan fingerprint density at radius 3 is 3.07 bits per heavy atom. The SMILES string of the molecule is CC1(c2nnnn2CCN)CCCCO1. The summed E-state index contributed by atoms with van der Waals surface area (Å²) in [5, 5.41) is 11.7. The van der Waals surface area contributed by atoms with Crippen molar-refractivity contribution in [3.63, 3.8) is 0 Å². The van der Waals surface area contributed by atoms with Gasteiger partial charge in [0.25, 0.3) is 0 Å². The molecule has 0 bridgehead atoms. The minimum Gasteiger partial charge on any atom is -0.367 e. The van der Waals surface area contributed by atoms with E-state index in [9.17, 15) is 0 Å². The molecule has 0 radical (unpaired) electrons. The number of nitrogens with two attached hydrogens (primary N) is 1. The van der Waals surface area contributed by atoms with Crippen molar-refractivity contribution in [1.29, 1.82) is 0 Å². The Balaban J connectivity index is 2.22. The molecule has 1 aliphatic rings. The first kappa shape index (κ1) is 10.5. The van der Waals surface area contributed by atoms with Crippen molar-refractivity contribution in [2.45, 2.75) is 38.3 Å². The number of aromatic nitrogens is 4. The lowest BCUT2D eigenvalue weighted by atomic mass is 9.95. The number of nitrogens with zero attached hydrogens (tertiary/aromatic N) is 4. The summed E-state index contributed by atoms with van der Waals surface area (Å²) in [7, 11) is 0. The largest absolute Gasteiger partial charge is 0.367 e. The summed E-state index contributed by atoms with van der Waals surface area (Å²) < 4.78 is 7.53. The second kappa shape index (κ2) is 4.24. The quantitative estimate of drug-likeness (QED) is 0.764. The van der Waals surface area contributed by atoms with Crippen molar-refractivity contribution < 1.29 is 4.74 Å². The fourth-order valence-electron chi connectivity index (χ4n) is 1.97. The minimum atomic E-state index is -0.336. The standard InChI is InChI=1S/C9H17N5O/c1-9(4-2-3-7-15-9)8-11-12-13-14(8)6-5-10/h2-7,10H2,1H3. The molecule has 0 amide bonds. The monoisotopic (exact) mass is 211 g/mol. The average molecular weight is 211 g/mol. The highest BCUT2D eigenvalue weighted by atomic mass is 16.5.